The first-order chi connectivity index (χ1) is 11.9. The van der Waals surface area contributed by atoms with Crippen LogP contribution >= 0.6 is 31.9 Å². The summed E-state index contributed by atoms with van der Waals surface area (Å²) in [6.07, 6.45) is 0. The molecule has 0 fully saturated rings. The third-order valence-corrected chi connectivity index (χ3v) is 4.22. The van der Waals surface area contributed by atoms with Gasteiger partial charge in [-0.1, -0.05) is 31.9 Å². The average molecular weight is 474 g/mol. The lowest BCUT2D eigenvalue weighted by molar-refractivity contribution is 0.363. The van der Waals surface area contributed by atoms with Crippen molar-refractivity contribution in [1.29, 1.82) is 0 Å². The summed E-state index contributed by atoms with van der Waals surface area (Å²) < 4.78 is 54.5. The summed E-state index contributed by atoms with van der Waals surface area (Å²) in [6.45, 7) is 0. The number of halogens is 5. The van der Waals surface area contributed by atoms with E-state index in [9.17, 15) is 13.2 Å². The van der Waals surface area contributed by atoms with E-state index in [1.54, 1.807) is 24.3 Å². The Balaban J connectivity index is 1.90. The average Bonchev–Trinajstić information content (AvgIpc) is 2.60. The van der Waals surface area contributed by atoms with Gasteiger partial charge < -0.3 is 9.47 Å². The predicted octanol–water partition coefficient (Wildman–Crippen LogP) is 7.21. The van der Waals surface area contributed by atoms with Gasteiger partial charge in [0.25, 0.3) is 0 Å². The maximum atomic E-state index is 14.2. The Bertz CT molecular complexity index is 898. The molecule has 128 valence electrons. The fraction of sp³-hybridized carbons (Fsp3) is 0. The van der Waals surface area contributed by atoms with Crippen LogP contribution in [0.4, 0.5) is 13.2 Å². The first kappa shape index (κ1) is 17.8. The Morgan fingerprint density at radius 3 is 1.64 bits per heavy atom. The van der Waals surface area contributed by atoms with Gasteiger partial charge in [-0.15, -0.1) is 0 Å². The molecule has 0 aliphatic heterocycles. The zero-order chi connectivity index (χ0) is 18.0. The molecular weight excluding hydrogens is 465 g/mol. The van der Waals surface area contributed by atoms with Gasteiger partial charge in [-0.3, -0.25) is 0 Å². The van der Waals surface area contributed by atoms with Crippen molar-refractivity contribution in [2.45, 2.75) is 0 Å². The monoisotopic (exact) mass is 472 g/mol. The zero-order valence-electron chi connectivity index (χ0n) is 12.4. The van der Waals surface area contributed by atoms with Crippen LogP contribution in [0.2, 0.25) is 0 Å². The smallest absolute Gasteiger partial charge is 0.208 e. The van der Waals surface area contributed by atoms with Gasteiger partial charge in [0.15, 0.2) is 11.6 Å². The van der Waals surface area contributed by atoms with Gasteiger partial charge in [0.2, 0.25) is 17.4 Å². The predicted molar refractivity (Wildman–Crippen MR) is 94.7 cm³/mol. The van der Waals surface area contributed by atoms with Gasteiger partial charge in [-0.25, -0.2) is 4.39 Å². The molecule has 0 amide bonds. The molecule has 0 aliphatic rings. The lowest BCUT2D eigenvalue weighted by Crippen LogP contribution is -1.99. The van der Waals surface area contributed by atoms with Crippen molar-refractivity contribution in [3.05, 3.63) is 81.0 Å². The van der Waals surface area contributed by atoms with Gasteiger partial charge >= 0.3 is 0 Å². The molecule has 0 aromatic heterocycles. The quantitative estimate of drug-likeness (QED) is 0.372. The molecule has 0 unspecified atom stereocenters. The largest absolute Gasteiger partial charge is 0.454 e. The van der Waals surface area contributed by atoms with Crippen LogP contribution < -0.4 is 9.47 Å². The molecular formula is C18H9Br2F3O2. The maximum absolute atomic E-state index is 14.2. The molecule has 0 saturated heterocycles. The van der Waals surface area contributed by atoms with Crippen molar-refractivity contribution in [3.8, 4) is 23.0 Å². The minimum atomic E-state index is -1.46. The van der Waals surface area contributed by atoms with Gasteiger partial charge in [-0.05, 0) is 48.5 Å². The van der Waals surface area contributed by atoms with Crippen LogP contribution in [-0.2, 0) is 0 Å². The summed E-state index contributed by atoms with van der Waals surface area (Å²) in [5, 5.41) is 0. The van der Waals surface area contributed by atoms with Crippen molar-refractivity contribution in [1.82, 2.24) is 0 Å². The first-order valence-electron chi connectivity index (χ1n) is 6.98. The highest BCUT2D eigenvalue weighted by Crippen LogP contribution is 2.36. The SMILES string of the molecule is Fc1cc(Oc2ccc(Br)cc2)c(F)c(F)c1Oc1ccc(Br)cc1. The number of benzene rings is 3. The van der Waals surface area contributed by atoms with Crippen molar-refractivity contribution >= 4 is 31.9 Å². The Morgan fingerprint density at radius 2 is 1.12 bits per heavy atom. The number of hydrogen-bond acceptors (Lipinski definition) is 2. The van der Waals surface area contributed by atoms with Crippen LogP contribution in [0, 0.1) is 17.5 Å². The Labute approximate surface area is 158 Å². The lowest BCUT2D eigenvalue weighted by atomic mass is 10.2. The summed E-state index contributed by atoms with van der Waals surface area (Å²) in [7, 11) is 0. The standard InChI is InChI=1S/C18H9Br2F3O2/c19-10-1-5-12(6-2-10)24-15-9-14(21)18(17(23)16(15)22)25-13-7-3-11(20)4-8-13/h1-9H. The second-order valence-electron chi connectivity index (χ2n) is 4.93. The highest BCUT2D eigenvalue weighted by atomic mass is 79.9. The molecule has 2 nitrogen and oxygen atoms in total. The molecule has 0 spiro atoms. The maximum Gasteiger partial charge on any atom is 0.208 e. The van der Waals surface area contributed by atoms with E-state index in [4.69, 9.17) is 9.47 Å². The summed E-state index contributed by atoms with van der Waals surface area (Å²) in [5.74, 6) is -4.87. The number of ether oxygens (including phenoxy) is 2. The topological polar surface area (TPSA) is 18.5 Å². The number of hydrogen-bond donors (Lipinski definition) is 0. The highest BCUT2D eigenvalue weighted by molar-refractivity contribution is 9.10. The molecule has 0 N–H and O–H groups in total. The Kier molecular flexibility index (Phi) is 5.34. The van der Waals surface area contributed by atoms with E-state index >= 15 is 0 Å². The molecule has 0 aliphatic carbocycles. The van der Waals surface area contributed by atoms with Gasteiger partial charge in [0.1, 0.15) is 11.5 Å². The molecule has 25 heavy (non-hydrogen) atoms. The minimum Gasteiger partial charge on any atom is -0.454 e. The highest BCUT2D eigenvalue weighted by Gasteiger charge is 2.22. The van der Waals surface area contributed by atoms with E-state index in [-0.39, 0.29) is 11.5 Å². The molecule has 3 aromatic carbocycles. The van der Waals surface area contributed by atoms with E-state index in [0.29, 0.717) is 0 Å². The summed E-state index contributed by atoms with van der Waals surface area (Å²) >= 11 is 6.48. The fourth-order valence-corrected chi connectivity index (χ4v) is 2.50. The van der Waals surface area contributed by atoms with Crippen LogP contribution in [0.15, 0.2) is 63.5 Å². The van der Waals surface area contributed by atoms with Crippen molar-refractivity contribution < 1.29 is 22.6 Å². The van der Waals surface area contributed by atoms with Crippen LogP contribution in [0.5, 0.6) is 23.0 Å². The second-order valence-corrected chi connectivity index (χ2v) is 6.76. The van der Waals surface area contributed by atoms with Crippen LogP contribution in [-0.4, -0.2) is 0 Å². The molecule has 0 radical (unpaired) electrons. The van der Waals surface area contributed by atoms with E-state index < -0.39 is 29.0 Å². The van der Waals surface area contributed by atoms with Gasteiger partial charge in [0.05, 0.1) is 0 Å². The van der Waals surface area contributed by atoms with E-state index in [0.717, 1.165) is 15.0 Å². The zero-order valence-corrected chi connectivity index (χ0v) is 15.6. The lowest BCUT2D eigenvalue weighted by Gasteiger charge is -2.12. The fourth-order valence-electron chi connectivity index (χ4n) is 1.97. The van der Waals surface area contributed by atoms with Crippen LogP contribution in [0.25, 0.3) is 0 Å². The normalized spacial score (nSPS) is 10.6. The molecule has 0 saturated carbocycles. The Morgan fingerprint density at radius 1 is 0.640 bits per heavy atom. The molecule has 0 atom stereocenters. The van der Waals surface area contributed by atoms with Crippen molar-refractivity contribution in [3.63, 3.8) is 0 Å². The Hall–Kier alpha value is -1.99. The van der Waals surface area contributed by atoms with Crippen LogP contribution in [0.3, 0.4) is 0 Å². The van der Waals surface area contributed by atoms with Crippen molar-refractivity contribution in [2.24, 2.45) is 0 Å². The van der Waals surface area contributed by atoms with Crippen molar-refractivity contribution in [2.75, 3.05) is 0 Å². The molecule has 0 heterocycles. The van der Waals surface area contributed by atoms with Crippen LogP contribution in [0.1, 0.15) is 0 Å². The minimum absolute atomic E-state index is 0.168. The van der Waals surface area contributed by atoms with Gasteiger partial charge in [0, 0.05) is 15.0 Å². The summed E-state index contributed by atoms with van der Waals surface area (Å²) in [6, 6.07) is 13.4. The molecule has 0 bridgehead atoms. The number of rotatable bonds is 4. The summed E-state index contributed by atoms with van der Waals surface area (Å²) in [4.78, 5) is 0. The third-order valence-electron chi connectivity index (χ3n) is 3.16. The molecule has 3 rings (SSSR count). The molecule has 7 heteroatoms. The second kappa shape index (κ2) is 7.49. The van der Waals surface area contributed by atoms with E-state index in [1.165, 1.54) is 24.3 Å². The van der Waals surface area contributed by atoms with E-state index in [1.807, 2.05) is 0 Å². The third kappa shape index (κ3) is 4.16. The molecule has 3 aromatic rings. The summed E-state index contributed by atoms with van der Waals surface area (Å²) in [5.41, 5.74) is 0. The van der Waals surface area contributed by atoms with E-state index in [2.05, 4.69) is 31.9 Å². The first-order valence-corrected chi connectivity index (χ1v) is 8.57. The van der Waals surface area contributed by atoms with Gasteiger partial charge in [-0.2, -0.15) is 8.78 Å².